The van der Waals surface area contributed by atoms with Crippen molar-refractivity contribution >= 4 is 17.4 Å². The summed E-state index contributed by atoms with van der Waals surface area (Å²) in [5.74, 6) is 0.657. The van der Waals surface area contributed by atoms with Gasteiger partial charge in [0.1, 0.15) is 5.82 Å². The third-order valence-electron chi connectivity index (χ3n) is 2.91. The first-order valence-electron chi connectivity index (χ1n) is 5.05. The van der Waals surface area contributed by atoms with Crippen LogP contribution < -0.4 is 5.73 Å². The molecule has 0 unspecified atom stereocenters. The molecule has 0 spiro atoms. The smallest absolute Gasteiger partial charge is 0.129 e. The molecule has 2 rings (SSSR count). The highest BCUT2D eigenvalue weighted by Gasteiger charge is 2.11. The second-order valence-electron chi connectivity index (χ2n) is 3.96. The average molecular weight is 236 g/mol. The van der Waals surface area contributed by atoms with E-state index in [1.165, 1.54) is 5.56 Å². The molecule has 84 valence electrons. The Morgan fingerprint density at radius 1 is 1.25 bits per heavy atom. The van der Waals surface area contributed by atoms with Crippen molar-refractivity contribution in [3.8, 4) is 11.1 Å². The van der Waals surface area contributed by atoms with E-state index in [2.05, 4.69) is 12.0 Å². The number of nitrogens with zero attached hydrogens (tertiary/aromatic N) is 2. The fraction of sp³-hybridized carbons (Fsp3) is 0.250. The van der Waals surface area contributed by atoms with E-state index in [0.717, 1.165) is 21.7 Å². The SMILES string of the molecule is Cc1cc(Cl)cc(-c2cnn(C)c2N)c1C. The van der Waals surface area contributed by atoms with Gasteiger partial charge in [-0.1, -0.05) is 11.6 Å². The molecule has 16 heavy (non-hydrogen) atoms. The number of hydrogen-bond donors (Lipinski definition) is 1. The van der Waals surface area contributed by atoms with Crippen LogP contribution in [-0.2, 0) is 7.05 Å². The molecule has 0 saturated carbocycles. The first-order chi connectivity index (χ1) is 7.50. The molecule has 4 heteroatoms. The Morgan fingerprint density at radius 2 is 1.94 bits per heavy atom. The average Bonchev–Trinajstić information content (AvgIpc) is 2.54. The Hall–Kier alpha value is -1.48. The van der Waals surface area contributed by atoms with Gasteiger partial charge in [-0.25, -0.2) is 0 Å². The largest absolute Gasteiger partial charge is 0.383 e. The lowest BCUT2D eigenvalue weighted by Gasteiger charge is -2.09. The van der Waals surface area contributed by atoms with Crippen LogP contribution in [0.4, 0.5) is 5.82 Å². The number of hydrogen-bond acceptors (Lipinski definition) is 2. The van der Waals surface area contributed by atoms with Gasteiger partial charge in [-0.15, -0.1) is 0 Å². The van der Waals surface area contributed by atoms with E-state index in [1.54, 1.807) is 10.9 Å². The Morgan fingerprint density at radius 3 is 2.50 bits per heavy atom. The number of anilines is 1. The van der Waals surface area contributed by atoms with Gasteiger partial charge in [0.25, 0.3) is 0 Å². The minimum absolute atomic E-state index is 0.657. The molecule has 2 aromatic rings. The molecule has 0 aliphatic heterocycles. The van der Waals surface area contributed by atoms with E-state index >= 15 is 0 Å². The first-order valence-corrected chi connectivity index (χ1v) is 5.43. The fourth-order valence-electron chi connectivity index (χ4n) is 1.75. The maximum Gasteiger partial charge on any atom is 0.129 e. The van der Waals surface area contributed by atoms with E-state index in [-0.39, 0.29) is 0 Å². The molecule has 0 atom stereocenters. The fourth-order valence-corrected chi connectivity index (χ4v) is 2.02. The van der Waals surface area contributed by atoms with Crippen LogP contribution in [0.5, 0.6) is 0 Å². The summed E-state index contributed by atoms with van der Waals surface area (Å²) in [6.07, 6.45) is 1.77. The summed E-state index contributed by atoms with van der Waals surface area (Å²) in [5.41, 5.74) is 10.3. The molecule has 0 aliphatic carbocycles. The van der Waals surface area contributed by atoms with Crippen LogP contribution in [0.25, 0.3) is 11.1 Å². The summed E-state index contributed by atoms with van der Waals surface area (Å²) in [7, 11) is 1.82. The molecule has 1 aromatic heterocycles. The number of rotatable bonds is 1. The van der Waals surface area contributed by atoms with Gasteiger partial charge < -0.3 is 5.73 Å². The van der Waals surface area contributed by atoms with Gasteiger partial charge in [0, 0.05) is 17.6 Å². The van der Waals surface area contributed by atoms with Crippen LogP contribution in [0.1, 0.15) is 11.1 Å². The molecule has 0 radical (unpaired) electrons. The molecule has 0 fully saturated rings. The number of nitrogen functional groups attached to an aromatic ring is 1. The molecule has 1 aromatic carbocycles. The van der Waals surface area contributed by atoms with Crippen LogP contribution in [0.2, 0.25) is 5.02 Å². The monoisotopic (exact) mass is 235 g/mol. The summed E-state index contributed by atoms with van der Waals surface area (Å²) in [5, 5.41) is 4.87. The topological polar surface area (TPSA) is 43.8 Å². The lowest BCUT2D eigenvalue weighted by Crippen LogP contribution is -1.98. The molecular weight excluding hydrogens is 222 g/mol. The zero-order valence-electron chi connectivity index (χ0n) is 9.58. The second-order valence-corrected chi connectivity index (χ2v) is 4.40. The predicted molar refractivity (Wildman–Crippen MR) is 67.5 cm³/mol. The molecule has 0 saturated heterocycles. The highest BCUT2D eigenvalue weighted by molar-refractivity contribution is 6.31. The van der Waals surface area contributed by atoms with Gasteiger partial charge in [0.05, 0.1) is 6.20 Å². The van der Waals surface area contributed by atoms with Crippen LogP contribution in [0, 0.1) is 13.8 Å². The van der Waals surface area contributed by atoms with Crippen LogP contribution >= 0.6 is 11.6 Å². The Balaban J connectivity index is 2.69. The molecular formula is C12H14ClN3. The van der Waals surface area contributed by atoms with Crippen molar-refractivity contribution in [2.24, 2.45) is 7.05 Å². The second kappa shape index (κ2) is 3.83. The number of aryl methyl sites for hydroxylation is 2. The molecule has 0 amide bonds. The standard InChI is InChI=1S/C12H14ClN3/c1-7-4-9(13)5-10(8(7)2)11-6-15-16(3)12(11)14/h4-6H,14H2,1-3H3. The highest BCUT2D eigenvalue weighted by Crippen LogP contribution is 2.32. The van der Waals surface area contributed by atoms with E-state index in [1.807, 2.05) is 26.1 Å². The zero-order chi connectivity index (χ0) is 11.9. The maximum atomic E-state index is 6.06. The summed E-state index contributed by atoms with van der Waals surface area (Å²) >= 11 is 6.06. The minimum atomic E-state index is 0.657. The maximum absolute atomic E-state index is 6.06. The van der Waals surface area contributed by atoms with Crippen molar-refractivity contribution in [1.82, 2.24) is 9.78 Å². The van der Waals surface area contributed by atoms with Crippen LogP contribution in [-0.4, -0.2) is 9.78 Å². The molecule has 0 bridgehead atoms. The van der Waals surface area contributed by atoms with Crippen molar-refractivity contribution in [1.29, 1.82) is 0 Å². The Kier molecular flexibility index (Phi) is 2.64. The lowest BCUT2D eigenvalue weighted by molar-refractivity contribution is 0.779. The van der Waals surface area contributed by atoms with Gasteiger partial charge in [-0.3, -0.25) is 4.68 Å². The molecule has 0 aliphatic rings. The number of halogens is 1. The summed E-state index contributed by atoms with van der Waals surface area (Å²) in [6, 6.07) is 3.88. The summed E-state index contributed by atoms with van der Waals surface area (Å²) in [4.78, 5) is 0. The molecule has 1 heterocycles. The Labute approximate surface area is 99.8 Å². The molecule has 2 N–H and O–H groups in total. The van der Waals surface area contributed by atoms with E-state index in [4.69, 9.17) is 17.3 Å². The van der Waals surface area contributed by atoms with E-state index < -0.39 is 0 Å². The quantitative estimate of drug-likeness (QED) is 0.826. The van der Waals surface area contributed by atoms with Gasteiger partial charge in [0.2, 0.25) is 0 Å². The normalized spacial score (nSPS) is 10.8. The first kappa shape index (κ1) is 11.0. The van der Waals surface area contributed by atoms with Crippen molar-refractivity contribution in [2.45, 2.75) is 13.8 Å². The third-order valence-corrected chi connectivity index (χ3v) is 3.13. The van der Waals surface area contributed by atoms with Crippen LogP contribution in [0.15, 0.2) is 18.3 Å². The third kappa shape index (κ3) is 1.67. The van der Waals surface area contributed by atoms with Gasteiger partial charge >= 0.3 is 0 Å². The van der Waals surface area contributed by atoms with Crippen molar-refractivity contribution in [2.75, 3.05) is 5.73 Å². The van der Waals surface area contributed by atoms with Crippen molar-refractivity contribution in [3.63, 3.8) is 0 Å². The molecule has 3 nitrogen and oxygen atoms in total. The van der Waals surface area contributed by atoms with Crippen molar-refractivity contribution in [3.05, 3.63) is 34.5 Å². The highest BCUT2D eigenvalue weighted by atomic mass is 35.5. The van der Waals surface area contributed by atoms with Gasteiger partial charge in [-0.05, 0) is 42.7 Å². The van der Waals surface area contributed by atoms with Crippen LogP contribution in [0.3, 0.4) is 0 Å². The summed E-state index contributed by atoms with van der Waals surface area (Å²) in [6.45, 7) is 4.10. The van der Waals surface area contributed by atoms with Crippen molar-refractivity contribution < 1.29 is 0 Å². The summed E-state index contributed by atoms with van der Waals surface area (Å²) < 4.78 is 1.66. The van der Waals surface area contributed by atoms with Gasteiger partial charge in [0.15, 0.2) is 0 Å². The Bertz CT molecular complexity index is 543. The lowest BCUT2D eigenvalue weighted by atomic mass is 9.99. The number of benzene rings is 1. The minimum Gasteiger partial charge on any atom is -0.383 e. The van der Waals surface area contributed by atoms with E-state index in [9.17, 15) is 0 Å². The predicted octanol–water partition coefficient (Wildman–Crippen LogP) is 2.94. The van der Waals surface area contributed by atoms with Gasteiger partial charge in [-0.2, -0.15) is 5.10 Å². The zero-order valence-corrected chi connectivity index (χ0v) is 10.3. The van der Waals surface area contributed by atoms with E-state index in [0.29, 0.717) is 5.82 Å². The number of aromatic nitrogens is 2. The number of nitrogens with two attached hydrogens (primary N) is 1.